The van der Waals surface area contributed by atoms with Gasteiger partial charge in [0.1, 0.15) is 5.82 Å². The molecule has 0 radical (unpaired) electrons. The Morgan fingerprint density at radius 2 is 2.00 bits per heavy atom. The second-order valence-electron chi connectivity index (χ2n) is 5.69. The predicted octanol–water partition coefficient (Wildman–Crippen LogP) is 3.75. The van der Waals surface area contributed by atoms with Crippen LogP contribution < -0.4 is 0 Å². The zero-order chi connectivity index (χ0) is 14.0. The molecule has 0 spiro atoms. The van der Waals surface area contributed by atoms with Crippen molar-refractivity contribution in [3.05, 3.63) is 34.1 Å². The molecule has 1 aromatic rings. The summed E-state index contributed by atoms with van der Waals surface area (Å²) < 4.78 is 14.4. The Morgan fingerprint density at radius 3 is 2.63 bits per heavy atom. The third-order valence-corrected chi connectivity index (χ3v) is 4.03. The summed E-state index contributed by atoms with van der Waals surface area (Å²) in [6, 6.07) is 4.50. The Bertz CT molecular complexity index is 467. The van der Waals surface area contributed by atoms with Crippen molar-refractivity contribution in [1.82, 2.24) is 4.90 Å². The van der Waals surface area contributed by atoms with Crippen molar-refractivity contribution in [2.24, 2.45) is 11.8 Å². The molecule has 2 nitrogen and oxygen atoms in total. The summed E-state index contributed by atoms with van der Waals surface area (Å²) in [5.41, 5.74) is 0.181. The third kappa shape index (κ3) is 3.86. The minimum absolute atomic E-state index is 0.139. The Labute approximate surface area is 122 Å². The quantitative estimate of drug-likeness (QED) is 0.788. The highest BCUT2D eigenvalue weighted by molar-refractivity contribution is 9.10. The van der Waals surface area contributed by atoms with Crippen molar-refractivity contribution in [2.45, 2.75) is 20.3 Å². The normalized spacial score (nSPS) is 24.4. The first-order valence-corrected chi connectivity index (χ1v) is 7.45. The van der Waals surface area contributed by atoms with Gasteiger partial charge in [-0.05, 0) is 36.5 Å². The van der Waals surface area contributed by atoms with Crippen LogP contribution in [0, 0.1) is 17.7 Å². The molecule has 0 amide bonds. The molecular weight excluding hydrogens is 309 g/mol. The van der Waals surface area contributed by atoms with Gasteiger partial charge in [0, 0.05) is 17.6 Å². The Hall–Kier alpha value is -0.740. The standard InChI is InChI=1S/C15H19BrFNO/c1-10-5-11(2)8-18(7-10)9-15(19)13-6-12(16)3-4-14(13)17/h3-4,6,10-11H,5,7-9H2,1-2H3. The van der Waals surface area contributed by atoms with Gasteiger partial charge in [0.05, 0.1) is 12.1 Å². The summed E-state index contributed by atoms with van der Waals surface area (Å²) in [5, 5.41) is 0. The second kappa shape index (κ2) is 6.14. The van der Waals surface area contributed by atoms with Gasteiger partial charge >= 0.3 is 0 Å². The number of likely N-dealkylation sites (tertiary alicyclic amines) is 1. The molecule has 1 fully saturated rings. The summed E-state index contributed by atoms with van der Waals surface area (Å²) in [6.07, 6.45) is 1.20. The van der Waals surface area contributed by atoms with Gasteiger partial charge in [0.25, 0.3) is 0 Å². The van der Waals surface area contributed by atoms with E-state index in [1.807, 2.05) is 0 Å². The van der Waals surface area contributed by atoms with Gasteiger partial charge in [-0.25, -0.2) is 4.39 Å². The molecule has 4 heteroatoms. The Morgan fingerprint density at radius 1 is 1.37 bits per heavy atom. The number of hydrogen-bond acceptors (Lipinski definition) is 2. The van der Waals surface area contributed by atoms with E-state index in [2.05, 4.69) is 34.7 Å². The highest BCUT2D eigenvalue weighted by Crippen LogP contribution is 2.22. The van der Waals surface area contributed by atoms with E-state index < -0.39 is 5.82 Å². The zero-order valence-electron chi connectivity index (χ0n) is 11.3. The zero-order valence-corrected chi connectivity index (χ0v) is 12.9. The van der Waals surface area contributed by atoms with Crippen LogP contribution >= 0.6 is 15.9 Å². The molecule has 19 heavy (non-hydrogen) atoms. The first-order chi connectivity index (χ1) is 8.95. The van der Waals surface area contributed by atoms with E-state index in [0.717, 1.165) is 17.6 Å². The Balaban J connectivity index is 2.06. The van der Waals surface area contributed by atoms with Crippen LogP contribution in [0.4, 0.5) is 4.39 Å². The van der Waals surface area contributed by atoms with Crippen molar-refractivity contribution in [3.63, 3.8) is 0 Å². The maximum absolute atomic E-state index is 13.7. The second-order valence-corrected chi connectivity index (χ2v) is 6.60. The minimum atomic E-state index is -0.439. The van der Waals surface area contributed by atoms with Crippen LogP contribution in [0.5, 0.6) is 0 Å². The number of hydrogen-bond donors (Lipinski definition) is 0. The summed E-state index contributed by atoms with van der Waals surface area (Å²) >= 11 is 3.28. The molecule has 2 rings (SSSR count). The molecule has 1 aliphatic heterocycles. The van der Waals surface area contributed by atoms with Crippen LogP contribution in [0.3, 0.4) is 0 Å². The first-order valence-electron chi connectivity index (χ1n) is 6.66. The van der Waals surface area contributed by atoms with Crippen LogP contribution in [-0.4, -0.2) is 30.3 Å². The van der Waals surface area contributed by atoms with E-state index in [1.165, 1.54) is 12.5 Å². The number of nitrogens with zero attached hydrogens (tertiary/aromatic N) is 1. The van der Waals surface area contributed by atoms with E-state index in [4.69, 9.17) is 0 Å². The van der Waals surface area contributed by atoms with E-state index >= 15 is 0 Å². The van der Waals surface area contributed by atoms with Gasteiger partial charge in [-0.2, -0.15) is 0 Å². The maximum atomic E-state index is 13.7. The molecule has 0 bridgehead atoms. The number of benzene rings is 1. The Kier molecular flexibility index (Phi) is 4.74. The topological polar surface area (TPSA) is 20.3 Å². The number of Topliss-reactive ketones (excluding diaryl/α,β-unsaturated/α-hetero) is 1. The molecule has 1 heterocycles. The van der Waals surface area contributed by atoms with E-state index in [0.29, 0.717) is 18.4 Å². The van der Waals surface area contributed by atoms with Crippen molar-refractivity contribution < 1.29 is 9.18 Å². The minimum Gasteiger partial charge on any atom is -0.295 e. The smallest absolute Gasteiger partial charge is 0.179 e. The fraction of sp³-hybridized carbons (Fsp3) is 0.533. The molecule has 0 aromatic heterocycles. The number of piperidine rings is 1. The number of carbonyl (C=O) groups is 1. The molecule has 1 saturated heterocycles. The van der Waals surface area contributed by atoms with Crippen molar-refractivity contribution in [3.8, 4) is 0 Å². The molecule has 0 aliphatic carbocycles. The van der Waals surface area contributed by atoms with Crippen LogP contribution in [-0.2, 0) is 0 Å². The SMILES string of the molecule is CC1CC(C)CN(CC(=O)c2cc(Br)ccc2F)C1. The molecule has 1 aromatic carbocycles. The average Bonchev–Trinajstić information content (AvgIpc) is 2.30. The lowest BCUT2D eigenvalue weighted by molar-refractivity contribution is 0.0845. The highest BCUT2D eigenvalue weighted by Gasteiger charge is 2.24. The monoisotopic (exact) mass is 327 g/mol. The molecular formula is C15H19BrFNO. The fourth-order valence-electron chi connectivity index (χ4n) is 2.92. The predicted molar refractivity (Wildman–Crippen MR) is 77.8 cm³/mol. The van der Waals surface area contributed by atoms with Crippen LogP contribution in [0.15, 0.2) is 22.7 Å². The van der Waals surface area contributed by atoms with E-state index in [9.17, 15) is 9.18 Å². The third-order valence-electron chi connectivity index (χ3n) is 3.54. The van der Waals surface area contributed by atoms with Crippen LogP contribution in [0.1, 0.15) is 30.6 Å². The van der Waals surface area contributed by atoms with Crippen molar-refractivity contribution >= 4 is 21.7 Å². The number of halogens is 2. The van der Waals surface area contributed by atoms with Crippen molar-refractivity contribution in [1.29, 1.82) is 0 Å². The van der Waals surface area contributed by atoms with Gasteiger partial charge in [-0.15, -0.1) is 0 Å². The summed E-state index contributed by atoms with van der Waals surface area (Å²) in [5.74, 6) is 0.624. The molecule has 0 N–H and O–H groups in total. The number of ketones is 1. The molecule has 2 atom stereocenters. The van der Waals surface area contributed by atoms with E-state index in [-0.39, 0.29) is 11.3 Å². The summed E-state index contributed by atoms with van der Waals surface area (Å²) in [7, 11) is 0. The van der Waals surface area contributed by atoms with Gasteiger partial charge in [-0.1, -0.05) is 29.8 Å². The lowest BCUT2D eigenvalue weighted by Gasteiger charge is -2.34. The molecule has 104 valence electrons. The maximum Gasteiger partial charge on any atom is 0.179 e. The van der Waals surface area contributed by atoms with Crippen molar-refractivity contribution in [2.75, 3.05) is 19.6 Å². The average molecular weight is 328 g/mol. The van der Waals surface area contributed by atoms with Gasteiger partial charge in [-0.3, -0.25) is 9.69 Å². The molecule has 2 unspecified atom stereocenters. The first kappa shape index (κ1) is 14.7. The lowest BCUT2D eigenvalue weighted by Crippen LogP contribution is -2.41. The fourth-order valence-corrected chi connectivity index (χ4v) is 3.28. The van der Waals surface area contributed by atoms with Gasteiger partial charge < -0.3 is 0 Å². The van der Waals surface area contributed by atoms with Crippen LogP contribution in [0.2, 0.25) is 0 Å². The van der Waals surface area contributed by atoms with Gasteiger partial charge in [0.15, 0.2) is 5.78 Å². The molecule has 0 saturated carbocycles. The van der Waals surface area contributed by atoms with Crippen LogP contribution in [0.25, 0.3) is 0 Å². The summed E-state index contributed by atoms with van der Waals surface area (Å²) in [6.45, 7) is 6.55. The number of carbonyl (C=O) groups excluding carboxylic acids is 1. The van der Waals surface area contributed by atoms with Gasteiger partial charge in [0.2, 0.25) is 0 Å². The van der Waals surface area contributed by atoms with E-state index in [1.54, 1.807) is 12.1 Å². The highest BCUT2D eigenvalue weighted by atomic mass is 79.9. The largest absolute Gasteiger partial charge is 0.295 e. The summed E-state index contributed by atoms with van der Waals surface area (Å²) in [4.78, 5) is 14.3. The number of rotatable bonds is 3. The lowest BCUT2D eigenvalue weighted by atomic mass is 9.91. The molecule has 1 aliphatic rings.